The lowest BCUT2D eigenvalue weighted by Crippen LogP contribution is -2.47. The lowest BCUT2D eigenvalue weighted by Gasteiger charge is -2.16. The van der Waals surface area contributed by atoms with E-state index in [2.05, 4.69) is 10.7 Å². The Balaban J connectivity index is 1.73. The van der Waals surface area contributed by atoms with Crippen LogP contribution in [0.3, 0.4) is 0 Å². The summed E-state index contributed by atoms with van der Waals surface area (Å²) in [5, 5.41) is 3.48. The molecule has 0 bridgehead atoms. The molecule has 2 aliphatic rings. The van der Waals surface area contributed by atoms with E-state index >= 15 is 0 Å². The summed E-state index contributed by atoms with van der Waals surface area (Å²) < 4.78 is 0. The van der Waals surface area contributed by atoms with Crippen LogP contribution in [0, 0.1) is 5.41 Å². The largest absolute Gasteiger partial charge is 0.378 e. The van der Waals surface area contributed by atoms with Gasteiger partial charge in [0.05, 0.1) is 0 Å². The summed E-state index contributed by atoms with van der Waals surface area (Å²) in [6, 6.07) is 6.32. The van der Waals surface area contributed by atoms with Crippen molar-refractivity contribution in [3.8, 4) is 0 Å². The summed E-state index contributed by atoms with van der Waals surface area (Å²) in [6.07, 6.45) is 0.578. The van der Waals surface area contributed by atoms with Crippen LogP contribution in [0.25, 0.3) is 0 Å². The third kappa shape index (κ3) is 2.23. The molecule has 1 aromatic rings. The summed E-state index contributed by atoms with van der Waals surface area (Å²) in [4.78, 5) is 38.6. The summed E-state index contributed by atoms with van der Waals surface area (Å²) in [5.74, 6) is -0.889. The van der Waals surface area contributed by atoms with Crippen LogP contribution in [0.5, 0.6) is 0 Å². The monoisotopic (exact) mass is 316 g/mol. The highest BCUT2D eigenvalue weighted by Crippen LogP contribution is 2.58. The van der Waals surface area contributed by atoms with Gasteiger partial charge in [-0.15, -0.1) is 0 Å². The van der Waals surface area contributed by atoms with Crippen LogP contribution in [0.2, 0.25) is 0 Å². The molecule has 2 N–H and O–H groups in total. The van der Waals surface area contributed by atoms with Gasteiger partial charge >= 0.3 is 6.03 Å². The van der Waals surface area contributed by atoms with Crippen molar-refractivity contribution in [2.45, 2.75) is 25.8 Å². The number of nitrogens with zero attached hydrogens (tertiary/aromatic N) is 2. The molecular formula is C16H20N4O3. The van der Waals surface area contributed by atoms with Gasteiger partial charge in [0, 0.05) is 25.3 Å². The molecule has 0 aromatic heterocycles. The second kappa shape index (κ2) is 4.71. The number of benzene rings is 1. The number of hydrogen-bond acceptors (Lipinski definition) is 4. The van der Waals surface area contributed by atoms with Crippen molar-refractivity contribution >= 4 is 23.5 Å². The maximum absolute atomic E-state index is 12.4. The minimum atomic E-state index is -0.869. The van der Waals surface area contributed by atoms with Crippen LogP contribution in [0.4, 0.5) is 10.5 Å². The fourth-order valence-electron chi connectivity index (χ4n) is 2.95. The zero-order valence-corrected chi connectivity index (χ0v) is 13.6. The second-order valence-electron chi connectivity index (χ2n) is 6.92. The predicted molar refractivity (Wildman–Crippen MR) is 84.7 cm³/mol. The topological polar surface area (TPSA) is 81.8 Å². The molecule has 1 spiro atoms. The van der Waals surface area contributed by atoms with Crippen LogP contribution in [0.1, 0.15) is 30.6 Å². The minimum Gasteiger partial charge on any atom is -0.378 e. The SMILES string of the molecule is CN(C)c1ccc(C(=O)NN2C(=O)NC3(CC3(C)C)C2=O)cc1. The third-order valence-corrected chi connectivity index (χ3v) is 4.69. The number of urea groups is 1. The summed E-state index contributed by atoms with van der Waals surface area (Å²) in [6.45, 7) is 3.83. The van der Waals surface area contributed by atoms with Gasteiger partial charge in [-0.2, -0.15) is 5.01 Å². The Labute approximate surface area is 134 Å². The number of imide groups is 1. The first-order chi connectivity index (χ1) is 10.7. The molecular weight excluding hydrogens is 296 g/mol. The summed E-state index contributed by atoms with van der Waals surface area (Å²) >= 11 is 0. The molecule has 122 valence electrons. The molecule has 4 amide bonds. The highest BCUT2D eigenvalue weighted by molar-refractivity contribution is 6.11. The second-order valence-corrected chi connectivity index (χ2v) is 6.92. The van der Waals surface area contributed by atoms with Crippen molar-refractivity contribution < 1.29 is 14.4 Å². The van der Waals surface area contributed by atoms with Gasteiger partial charge in [0.25, 0.3) is 11.8 Å². The Hall–Kier alpha value is -2.57. The smallest absolute Gasteiger partial charge is 0.344 e. The zero-order valence-electron chi connectivity index (χ0n) is 13.6. The Kier molecular flexibility index (Phi) is 3.14. The number of amides is 4. The average molecular weight is 316 g/mol. The fraction of sp³-hybridized carbons (Fsp3) is 0.438. The van der Waals surface area contributed by atoms with E-state index in [4.69, 9.17) is 0 Å². The van der Waals surface area contributed by atoms with E-state index in [1.807, 2.05) is 32.8 Å². The molecule has 7 nitrogen and oxygen atoms in total. The Morgan fingerprint density at radius 1 is 1.22 bits per heavy atom. The molecule has 1 atom stereocenters. The van der Waals surface area contributed by atoms with Crippen molar-refractivity contribution in [2.24, 2.45) is 5.41 Å². The van der Waals surface area contributed by atoms with E-state index in [0.717, 1.165) is 10.7 Å². The quantitative estimate of drug-likeness (QED) is 0.819. The molecule has 23 heavy (non-hydrogen) atoms. The number of hydrazine groups is 1. The minimum absolute atomic E-state index is 0.285. The van der Waals surface area contributed by atoms with Gasteiger partial charge in [0.1, 0.15) is 5.54 Å². The van der Waals surface area contributed by atoms with Crippen LogP contribution >= 0.6 is 0 Å². The van der Waals surface area contributed by atoms with Gasteiger partial charge in [-0.05, 0) is 36.1 Å². The standard InChI is InChI=1S/C16H20N4O3/c1-15(2)9-16(15)13(22)20(14(23)17-16)18-12(21)10-5-7-11(8-6-10)19(3)4/h5-8H,9H2,1-4H3,(H,17,23)(H,18,21). The number of carbonyl (C=O) groups excluding carboxylic acids is 3. The average Bonchev–Trinajstić information content (AvgIpc) is 2.96. The Bertz CT molecular complexity index is 696. The van der Waals surface area contributed by atoms with Gasteiger partial charge in [-0.3, -0.25) is 15.0 Å². The van der Waals surface area contributed by atoms with Crippen molar-refractivity contribution in [1.29, 1.82) is 0 Å². The van der Waals surface area contributed by atoms with E-state index in [1.54, 1.807) is 24.3 Å². The molecule has 7 heteroatoms. The highest BCUT2D eigenvalue weighted by Gasteiger charge is 2.72. The molecule has 1 aromatic carbocycles. The zero-order chi connectivity index (χ0) is 17.0. The number of hydrogen-bond donors (Lipinski definition) is 2. The molecule has 1 aliphatic heterocycles. The maximum atomic E-state index is 12.4. The molecule has 1 heterocycles. The lowest BCUT2D eigenvalue weighted by molar-refractivity contribution is -0.130. The van der Waals surface area contributed by atoms with Crippen molar-refractivity contribution in [3.05, 3.63) is 29.8 Å². The van der Waals surface area contributed by atoms with Crippen LogP contribution in [-0.4, -0.2) is 42.5 Å². The van der Waals surface area contributed by atoms with Crippen molar-refractivity contribution in [2.75, 3.05) is 19.0 Å². The first-order valence-electron chi connectivity index (χ1n) is 7.43. The normalized spacial score (nSPS) is 24.6. The first kappa shape index (κ1) is 15.3. The molecule has 1 saturated carbocycles. The molecule has 0 radical (unpaired) electrons. The van der Waals surface area contributed by atoms with Crippen LogP contribution in [0.15, 0.2) is 24.3 Å². The van der Waals surface area contributed by atoms with E-state index in [-0.39, 0.29) is 5.41 Å². The van der Waals surface area contributed by atoms with Gasteiger partial charge < -0.3 is 10.2 Å². The van der Waals surface area contributed by atoms with Crippen LogP contribution in [-0.2, 0) is 4.79 Å². The van der Waals surface area contributed by atoms with E-state index in [1.165, 1.54) is 0 Å². The van der Waals surface area contributed by atoms with E-state index in [9.17, 15) is 14.4 Å². The van der Waals surface area contributed by atoms with E-state index < -0.39 is 23.4 Å². The van der Waals surface area contributed by atoms with E-state index in [0.29, 0.717) is 12.0 Å². The molecule has 2 fully saturated rings. The van der Waals surface area contributed by atoms with Gasteiger partial charge in [0.2, 0.25) is 0 Å². The number of carbonyl (C=O) groups is 3. The number of anilines is 1. The Morgan fingerprint density at radius 2 is 1.78 bits per heavy atom. The first-order valence-corrected chi connectivity index (χ1v) is 7.43. The summed E-state index contributed by atoms with van der Waals surface area (Å²) in [7, 11) is 3.80. The fourth-order valence-corrected chi connectivity index (χ4v) is 2.95. The predicted octanol–water partition coefficient (Wildman–Crippen LogP) is 1.12. The highest BCUT2D eigenvalue weighted by atomic mass is 16.2. The maximum Gasteiger partial charge on any atom is 0.344 e. The number of rotatable bonds is 3. The molecule has 3 rings (SSSR count). The van der Waals surface area contributed by atoms with Crippen molar-refractivity contribution in [1.82, 2.24) is 15.8 Å². The Morgan fingerprint density at radius 3 is 2.22 bits per heavy atom. The molecule has 1 saturated heterocycles. The van der Waals surface area contributed by atoms with Gasteiger partial charge in [0.15, 0.2) is 0 Å². The lowest BCUT2D eigenvalue weighted by atomic mass is 10.1. The van der Waals surface area contributed by atoms with Gasteiger partial charge in [-0.25, -0.2) is 4.79 Å². The summed E-state index contributed by atoms with van der Waals surface area (Å²) in [5.41, 5.74) is 2.58. The van der Waals surface area contributed by atoms with Gasteiger partial charge in [-0.1, -0.05) is 13.8 Å². The number of nitrogens with one attached hydrogen (secondary N) is 2. The van der Waals surface area contributed by atoms with Crippen LogP contribution < -0.4 is 15.6 Å². The molecule has 1 unspecified atom stereocenters. The van der Waals surface area contributed by atoms with Crippen molar-refractivity contribution in [3.63, 3.8) is 0 Å². The molecule has 1 aliphatic carbocycles. The third-order valence-electron chi connectivity index (χ3n) is 4.69.